The number of hydrogen-bond acceptors (Lipinski definition) is 6. The first kappa shape index (κ1) is 22.9. The Morgan fingerprint density at radius 2 is 1.88 bits per heavy atom. The first-order valence-corrected chi connectivity index (χ1v) is 11.7. The zero-order valence-corrected chi connectivity index (χ0v) is 20.1. The second-order valence-electron chi connectivity index (χ2n) is 8.18. The third kappa shape index (κ3) is 5.57. The number of hydrogen-bond donors (Lipinski definition) is 1. The van der Waals surface area contributed by atoms with Crippen LogP contribution in [-0.4, -0.2) is 52.7 Å². The van der Waals surface area contributed by atoms with E-state index in [1.807, 2.05) is 48.2 Å². The number of aromatic nitrogens is 2. The summed E-state index contributed by atoms with van der Waals surface area (Å²) in [5.41, 5.74) is 8.75. The van der Waals surface area contributed by atoms with Gasteiger partial charge in [0.1, 0.15) is 17.3 Å². The van der Waals surface area contributed by atoms with Crippen LogP contribution < -0.4 is 10.6 Å². The number of anilines is 2. The van der Waals surface area contributed by atoms with Crippen molar-refractivity contribution in [3.63, 3.8) is 0 Å². The van der Waals surface area contributed by atoms with Crippen LogP contribution in [0.15, 0.2) is 59.2 Å². The molecule has 0 spiro atoms. The van der Waals surface area contributed by atoms with Crippen LogP contribution in [0.2, 0.25) is 0 Å². The van der Waals surface area contributed by atoms with Gasteiger partial charge in [-0.15, -0.1) is 0 Å². The number of pyridine rings is 2. The monoisotopic (exact) mass is 511 g/mol. The molecule has 33 heavy (non-hydrogen) atoms. The normalized spacial score (nSPS) is 14.1. The van der Waals surface area contributed by atoms with Crippen LogP contribution in [0.5, 0.6) is 0 Å². The Balaban J connectivity index is 0.00000216. The smallest absolute Gasteiger partial charge is 0.227 e. The molecule has 0 atom stereocenters. The first-order valence-electron chi connectivity index (χ1n) is 10.9. The zero-order valence-electron chi connectivity index (χ0n) is 18.5. The van der Waals surface area contributed by atoms with Gasteiger partial charge in [0.05, 0.1) is 12.0 Å². The number of nitrogens with zero attached hydrogens (tertiary/aromatic N) is 4. The summed E-state index contributed by atoms with van der Waals surface area (Å²) in [6.45, 7) is 4.79. The minimum absolute atomic E-state index is 0. The van der Waals surface area contributed by atoms with Crippen LogP contribution in [0.4, 0.5) is 11.6 Å². The Morgan fingerprint density at radius 3 is 2.67 bits per heavy atom. The molecule has 8 heteroatoms. The van der Waals surface area contributed by atoms with Gasteiger partial charge in [0.15, 0.2) is 0 Å². The molecule has 1 amide bonds. The number of aryl methyl sites for hydroxylation is 1. The highest BCUT2D eigenvalue weighted by atomic mass is 79.9. The zero-order chi connectivity index (χ0) is 23.4. The highest BCUT2D eigenvalue weighted by molar-refractivity contribution is 9.10. The van der Waals surface area contributed by atoms with Gasteiger partial charge in [-0.1, -0.05) is 35.9 Å². The molecule has 1 aliphatic heterocycles. The third-order valence-corrected chi connectivity index (χ3v) is 6.18. The van der Waals surface area contributed by atoms with Gasteiger partial charge in [0, 0.05) is 39.7 Å². The Kier molecular flexibility index (Phi) is 7.03. The molecule has 174 valence electrons. The van der Waals surface area contributed by atoms with Gasteiger partial charge >= 0.3 is 0 Å². The number of halogens is 1. The SMILES string of the molecule is Cc1ccc(CC(=O)N2CCCN(c3cccc(C(=O)c4cc(Br)cnc4N)n3)CC2)cc1.[HH].[HH]. The molecule has 2 N–H and O–H groups in total. The van der Waals surface area contributed by atoms with Gasteiger partial charge in [-0.3, -0.25) is 9.59 Å². The molecule has 0 radical (unpaired) electrons. The van der Waals surface area contributed by atoms with Crippen molar-refractivity contribution in [3.8, 4) is 0 Å². The number of rotatable bonds is 5. The summed E-state index contributed by atoms with van der Waals surface area (Å²) in [5, 5.41) is 0. The summed E-state index contributed by atoms with van der Waals surface area (Å²) in [6, 6.07) is 15.1. The van der Waals surface area contributed by atoms with Crippen LogP contribution in [0.1, 0.15) is 36.5 Å². The van der Waals surface area contributed by atoms with Crippen molar-refractivity contribution in [2.45, 2.75) is 19.8 Å². The predicted octanol–water partition coefficient (Wildman–Crippen LogP) is 4.13. The quantitative estimate of drug-likeness (QED) is 0.517. The number of carbonyl (C=O) groups is 2. The van der Waals surface area contributed by atoms with Crippen molar-refractivity contribution in [1.29, 1.82) is 0 Å². The largest absolute Gasteiger partial charge is 0.383 e. The lowest BCUT2D eigenvalue weighted by molar-refractivity contribution is -0.130. The predicted molar refractivity (Wildman–Crippen MR) is 137 cm³/mol. The van der Waals surface area contributed by atoms with E-state index in [9.17, 15) is 9.59 Å². The van der Waals surface area contributed by atoms with Crippen molar-refractivity contribution in [1.82, 2.24) is 14.9 Å². The molecule has 2 aromatic heterocycles. The van der Waals surface area contributed by atoms with Crippen molar-refractivity contribution in [2.75, 3.05) is 36.8 Å². The molecular weight excluding hydrogens is 482 g/mol. The lowest BCUT2D eigenvalue weighted by atomic mass is 10.1. The Morgan fingerprint density at radius 1 is 1.09 bits per heavy atom. The van der Waals surface area contributed by atoms with E-state index in [1.165, 1.54) is 5.56 Å². The summed E-state index contributed by atoms with van der Waals surface area (Å²) >= 11 is 3.33. The van der Waals surface area contributed by atoms with E-state index in [0.717, 1.165) is 24.3 Å². The van der Waals surface area contributed by atoms with Crippen molar-refractivity contribution < 1.29 is 12.4 Å². The molecule has 4 rings (SSSR count). The van der Waals surface area contributed by atoms with Crippen LogP contribution in [0.25, 0.3) is 0 Å². The molecular formula is C25H30BrN5O2. The second-order valence-corrected chi connectivity index (χ2v) is 9.10. The topological polar surface area (TPSA) is 92.4 Å². The van der Waals surface area contributed by atoms with Gasteiger partial charge < -0.3 is 15.5 Å². The maximum atomic E-state index is 13.0. The molecule has 0 saturated carbocycles. The molecule has 1 fully saturated rings. The Bertz CT molecular complexity index is 1180. The van der Waals surface area contributed by atoms with Gasteiger partial charge in [-0.05, 0) is 53.0 Å². The molecule has 1 saturated heterocycles. The minimum Gasteiger partial charge on any atom is -0.383 e. The van der Waals surface area contributed by atoms with Crippen LogP contribution in [-0.2, 0) is 11.2 Å². The molecule has 0 bridgehead atoms. The maximum absolute atomic E-state index is 13.0. The second kappa shape index (κ2) is 10.1. The number of nitrogen functional groups attached to an aromatic ring is 1. The third-order valence-electron chi connectivity index (χ3n) is 5.75. The van der Waals surface area contributed by atoms with Crippen molar-refractivity contribution >= 4 is 39.3 Å². The molecule has 0 aliphatic carbocycles. The van der Waals surface area contributed by atoms with Gasteiger partial charge in [-0.2, -0.15) is 0 Å². The average Bonchev–Trinajstić information content (AvgIpc) is 3.08. The Hall–Kier alpha value is -3.26. The highest BCUT2D eigenvalue weighted by Crippen LogP contribution is 2.21. The Labute approximate surface area is 204 Å². The standard InChI is InChI=1S/C25H26BrN5O2.2H2/c1-17-6-8-18(9-7-17)14-23(32)31-11-3-10-30(12-13-31)22-5-2-4-21(29-22)24(33)20-15-19(26)16-28-25(20)27;;/h2,4-9,15-16H,3,10-14H2,1H3,(H2,27,28);2*1H. The number of ketones is 1. The molecule has 1 aliphatic rings. The summed E-state index contributed by atoms with van der Waals surface area (Å²) in [5.74, 6) is 0.756. The fourth-order valence-corrected chi connectivity index (χ4v) is 4.22. The van der Waals surface area contributed by atoms with E-state index in [4.69, 9.17) is 5.73 Å². The van der Waals surface area contributed by atoms with E-state index in [0.29, 0.717) is 41.8 Å². The average molecular weight is 512 g/mol. The molecule has 3 heterocycles. The fourth-order valence-electron chi connectivity index (χ4n) is 3.88. The molecule has 3 aromatic rings. The van der Waals surface area contributed by atoms with Crippen molar-refractivity contribution in [3.05, 3.63) is 81.6 Å². The lowest BCUT2D eigenvalue weighted by Crippen LogP contribution is -2.36. The van der Waals surface area contributed by atoms with E-state index >= 15 is 0 Å². The summed E-state index contributed by atoms with van der Waals surface area (Å²) < 4.78 is 0.680. The van der Waals surface area contributed by atoms with E-state index in [-0.39, 0.29) is 20.4 Å². The molecule has 0 unspecified atom stereocenters. The lowest BCUT2D eigenvalue weighted by Gasteiger charge is -2.23. The summed E-state index contributed by atoms with van der Waals surface area (Å²) in [7, 11) is 0. The van der Waals surface area contributed by atoms with Gasteiger partial charge in [0.2, 0.25) is 11.7 Å². The number of amides is 1. The van der Waals surface area contributed by atoms with E-state index < -0.39 is 0 Å². The van der Waals surface area contributed by atoms with Crippen LogP contribution in [0, 0.1) is 6.92 Å². The van der Waals surface area contributed by atoms with E-state index in [1.54, 1.807) is 18.3 Å². The van der Waals surface area contributed by atoms with Gasteiger partial charge in [0.25, 0.3) is 0 Å². The molecule has 7 nitrogen and oxygen atoms in total. The minimum atomic E-state index is -0.270. The van der Waals surface area contributed by atoms with Crippen LogP contribution >= 0.6 is 15.9 Å². The summed E-state index contributed by atoms with van der Waals surface area (Å²) in [4.78, 5) is 38.5. The van der Waals surface area contributed by atoms with Crippen molar-refractivity contribution in [2.24, 2.45) is 0 Å². The van der Waals surface area contributed by atoms with E-state index in [2.05, 4.69) is 30.8 Å². The number of carbonyl (C=O) groups excluding carboxylic acids is 2. The highest BCUT2D eigenvalue weighted by Gasteiger charge is 2.22. The molecule has 1 aromatic carbocycles. The van der Waals surface area contributed by atoms with Gasteiger partial charge in [-0.25, -0.2) is 9.97 Å². The number of nitrogens with two attached hydrogens (primary N) is 1. The van der Waals surface area contributed by atoms with Crippen LogP contribution in [0.3, 0.4) is 0 Å². The first-order chi connectivity index (χ1) is 15.9. The number of benzene rings is 1. The maximum Gasteiger partial charge on any atom is 0.227 e. The summed E-state index contributed by atoms with van der Waals surface area (Å²) in [6.07, 6.45) is 2.80. The fraction of sp³-hybridized carbons (Fsp3) is 0.280.